The molecule has 1 amide bonds. The minimum absolute atomic E-state index is 0.200. The van der Waals surface area contributed by atoms with E-state index in [1.165, 1.54) is 18.4 Å². The molecule has 3 aromatic rings. The summed E-state index contributed by atoms with van der Waals surface area (Å²) in [6.45, 7) is 0.685. The highest BCUT2D eigenvalue weighted by Crippen LogP contribution is 2.34. The van der Waals surface area contributed by atoms with Crippen LogP contribution in [0.4, 0.5) is 13.2 Å². The molecule has 0 aliphatic heterocycles. The molecule has 1 aromatic heterocycles. The fraction of sp³-hybridized carbons (Fsp3) is 0.227. The lowest BCUT2D eigenvalue weighted by Gasteiger charge is -2.23. The standard InChI is InChI=1S/C22H20ClF3N2O4S/c1-15(16-6-3-2-4-7-16)27-21(29)14-28(13-18-8-5-11-32-18)33(30,31)20-12-17(22(24,25)26)9-10-19(20)23/h2-12,15H,13-14H2,1H3,(H,27,29)/t15-/m1/s1. The van der Waals surface area contributed by atoms with E-state index in [-0.39, 0.29) is 12.3 Å². The van der Waals surface area contributed by atoms with Gasteiger partial charge in [0.15, 0.2) is 0 Å². The molecule has 1 N–H and O–H groups in total. The van der Waals surface area contributed by atoms with Gasteiger partial charge in [0.2, 0.25) is 15.9 Å². The van der Waals surface area contributed by atoms with Crippen LogP contribution in [0.25, 0.3) is 0 Å². The van der Waals surface area contributed by atoms with E-state index >= 15 is 0 Å². The van der Waals surface area contributed by atoms with Crippen molar-refractivity contribution in [1.82, 2.24) is 9.62 Å². The number of nitrogens with zero attached hydrogens (tertiary/aromatic N) is 1. The Hall–Kier alpha value is -2.82. The number of furan rings is 1. The van der Waals surface area contributed by atoms with Gasteiger partial charge in [0.25, 0.3) is 0 Å². The number of amides is 1. The molecule has 3 rings (SSSR count). The molecular weight excluding hydrogens is 481 g/mol. The zero-order chi connectivity index (χ0) is 24.2. The van der Waals surface area contributed by atoms with Gasteiger partial charge in [-0.25, -0.2) is 8.42 Å². The molecule has 1 heterocycles. The number of benzene rings is 2. The maximum atomic E-state index is 13.3. The molecule has 0 aliphatic rings. The Labute approximate surface area is 194 Å². The van der Waals surface area contributed by atoms with Crippen molar-refractivity contribution in [3.8, 4) is 0 Å². The van der Waals surface area contributed by atoms with Crippen LogP contribution in [0.5, 0.6) is 0 Å². The predicted molar refractivity (Wildman–Crippen MR) is 116 cm³/mol. The average Bonchev–Trinajstić information content (AvgIpc) is 3.26. The highest BCUT2D eigenvalue weighted by Gasteiger charge is 2.35. The molecule has 176 valence electrons. The quantitative estimate of drug-likeness (QED) is 0.471. The molecule has 0 saturated heterocycles. The zero-order valence-electron chi connectivity index (χ0n) is 17.3. The highest BCUT2D eigenvalue weighted by molar-refractivity contribution is 7.89. The minimum Gasteiger partial charge on any atom is -0.468 e. The minimum atomic E-state index is -4.77. The van der Waals surface area contributed by atoms with Crippen molar-refractivity contribution in [1.29, 1.82) is 0 Å². The van der Waals surface area contributed by atoms with E-state index < -0.39 is 50.2 Å². The number of nitrogens with one attached hydrogen (secondary N) is 1. The summed E-state index contributed by atoms with van der Waals surface area (Å²) in [6.07, 6.45) is -3.46. The van der Waals surface area contributed by atoms with Crippen molar-refractivity contribution in [3.05, 3.63) is 88.8 Å². The van der Waals surface area contributed by atoms with E-state index in [1.54, 1.807) is 31.2 Å². The van der Waals surface area contributed by atoms with Gasteiger partial charge in [-0.2, -0.15) is 17.5 Å². The van der Waals surface area contributed by atoms with Gasteiger partial charge >= 0.3 is 6.18 Å². The van der Waals surface area contributed by atoms with E-state index in [0.29, 0.717) is 12.1 Å². The van der Waals surface area contributed by atoms with Crippen LogP contribution >= 0.6 is 11.6 Å². The Morgan fingerprint density at radius 3 is 2.42 bits per heavy atom. The van der Waals surface area contributed by atoms with Gasteiger partial charge in [-0.1, -0.05) is 41.9 Å². The highest BCUT2D eigenvalue weighted by atomic mass is 35.5. The molecule has 33 heavy (non-hydrogen) atoms. The molecule has 0 saturated carbocycles. The van der Waals surface area contributed by atoms with Crippen LogP contribution in [-0.2, 0) is 27.5 Å². The molecule has 0 bridgehead atoms. The molecule has 0 spiro atoms. The average molecular weight is 501 g/mol. The molecule has 0 aliphatic carbocycles. The third-order valence-corrected chi connectivity index (χ3v) is 7.06. The van der Waals surface area contributed by atoms with Crippen LogP contribution in [-0.4, -0.2) is 25.2 Å². The summed E-state index contributed by atoms with van der Waals surface area (Å²) >= 11 is 5.96. The topological polar surface area (TPSA) is 79.6 Å². The van der Waals surface area contributed by atoms with Crippen molar-refractivity contribution < 1.29 is 30.8 Å². The predicted octanol–water partition coefficient (Wildman–Crippen LogP) is 5.02. The van der Waals surface area contributed by atoms with Gasteiger partial charge in [0.1, 0.15) is 10.7 Å². The normalized spacial score (nSPS) is 13.2. The molecule has 2 aromatic carbocycles. The number of hydrogen-bond acceptors (Lipinski definition) is 4. The van der Waals surface area contributed by atoms with Crippen molar-refractivity contribution in [2.24, 2.45) is 0 Å². The Bertz CT molecular complexity index is 1200. The third kappa shape index (κ3) is 6.16. The first-order valence-corrected chi connectivity index (χ1v) is 11.5. The Balaban J connectivity index is 1.91. The first-order chi connectivity index (χ1) is 15.5. The number of rotatable bonds is 8. The van der Waals surface area contributed by atoms with Crippen molar-refractivity contribution >= 4 is 27.5 Å². The molecular formula is C22H20ClF3N2O4S. The molecule has 6 nitrogen and oxygen atoms in total. The summed E-state index contributed by atoms with van der Waals surface area (Å²) < 4.78 is 72.0. The van der Waals surface area contributed by atoms with E-state index in [2.05, 4.69) is 5.32 Å². The van der Waals surface area contributed by atoms with Crippen molar-refractivity contribution in [2.75, 3.05) is 6.54 Å². The fourth-order valence-corrected chi connectivity index (χ4v) is 4.95. The van der Waals surface area contributed by atoms with Crippen LogP contribution in [0.1, 0.15) is 29.9 Å². The maximum absolute atomic E-state index is 13.3. The molecule has 0 unspecified atom stereocenters. The first-order valence-electron chi connectivity index (χ1n) is 9.72. The number of carbonyl (C=O) groups excluding carboxylic acids is 1. The summed E-state index contributed by atoms with van der Waals surface area (Å²) in [5.41, 5.74) is -0.377. The Morgan fingerprint density at radius 1 is 1.12 bits per heavy atom. The summed E-state index contributed by atoms with van der Waals surface area (Å²) in [4.78, 5) is 11.9. The number of alkyl halides is 3. The smallest absolute Gasteiger partial charge is 0.416 e. The number of hydrogen-bond donors (Lipinski definition) is 1. The summed E-state index contributed by atoms with van der Waals surface area (Å²) in [7, 11) is -4.61. The zero-order valence-corrected chi connectivity index (χ0v) is 18.9. The second kappa shape index (κ2) is 9.98. The van der Waals surface area contributed by atoms with Crippen LogP contribution in [0.2, 0.25) is 5.02 Å². The van der Waals surface area contributed by atoms with Gasteiger partial charge in [0.05, 0.1) is 36.0 Å². The molecule has 1 atom stereocenters. The number of halogens is 4. The van der Waals surface area contributed by atoms with Gasteiger partial charge in [-0.15, -0.1) is 0 Å². The van der Waals surface area contributed by atoms with Gasteiger partial charge < -0.3 is 9.73 Å². The van der Waals surface area contributed by atoms with Crippen molar-refractivity contribution in [3.63, 3.8) is 0 Å². The lowest BCUT2D eigenvalue weighted by atomic mass is 10.1. The Morgan fingerprint density at radius 2 is 1.82 bits per heavy atom. The summed E-state index contributed by atoms with van der Waals surface area (Å²) in [6, 6.07) is 13.6. The second-order valence-electron chi connectivity index (χ2n) is 7.20. The van der Waals surface area contributed by atoms with Crippen LogP contribution in [0.15, 0.2) is 76.2 Å². The lowest BCUT2D eigenvalue weighted by molar-refractivity contribution is -0.137. The van der Waals surface area contributed by atoms with E-state index in [9.17, 15) is 26.4 Å². The SMILES string of the molecule is C[C@@H](NC(=O)CN(Cc1ccco1)S(=O)(=O)c1cc(C(F)(F)F)ccc1Cl)c1ccccc1. The van der Waals surface area contributed by atoms with Crippen LogP contribution in [0, 0.1) is 0 Å². The molecule has 11 heteroatoms. The Kier molecular flexibility index (Phi) is 7.51. The van der Waals surface area contributed by atoms with Crippen LogP contribution < -0.4 is 5.32 Å². The van der Waals surface area contributed by atoms with Gasteiger partial charge in [0, 0.05) is 0 Å². The van der Waals surface area contributed by atoms with Gasteiger partial charge in [-0.3, -0.25) is 4.79 Å². The molecule has 0 radical (unpaired) electrons. The maximum Gasteiger partial charge on any atom is 0.416 e. The van der Waals surface area contributed by atoms with E-state index in [0.717, 1.165) is 15.9 Å². The lowest BCUT2D eigenvalue weighted by Crippen LogP contribution is -2.41. The summed E-state index contributed by atoms with van der Waals surface area (Å²) in [5, 5.41) is 2.29. The molecule has 0 fully saturated rings. The second-order valence-corrected chi connectivity index (χ2v) is 9.51. The van der Waals surface area contributed by atoms with Gasteiger partial charge in [-0.05, 0) is 42.8 Å². The largest absolute Gasteiger partial charge is 0.468 e. The first kappa shape index (κ1) is 24.8. The number of carbonyl (C=O) groups is 1. The van der Waals surface area contributed by atoms with E-state index in [1.807, 2.05) is 6.07 Å². The summed E-state index contributed by atoms with van der Waals surface area (Å²) in [5.74, 6) is -0.449. The van der Waals surface area contributed by atoms with Crippen LogP contribution in [0.3, 0.4) is 0 Å². The fourth-order valence-electron chi connectivity index (χ4n) is 3.09. The van der Waals surface area contributed by atoms with E-state index in [4.69, 9.17) is 16.0 Å². The monoisotopic (exact) mass is 500 g/mol. The van der Waals surface area contributed by atoms with Crippen molar-refractivity contribution in [2.45, 2.75) is 30.6 Å². The third-order valence-electron chi connectivity index (χ3n) is 4.79. The number of sulfonamides is 1.